The lowest BCUT2D eigenvalue weighted by Gasteiger charge is -2.40. The Hall–Kier alpha value is -9.24. The number of aryl methyl sites for hydroxylation is 2. The van der Waals surface area contributed by atoms with Gasteiger partial charge in [0.05, 0.1) is 22.2 Å². The lowest BCUT2D eigenvalue weighted by Crippen LogP contribution is -2.32. The Bertz CT molecular complexity index is 4130. The summed E-state index contributed by atoms with van der Waals surface area (Å²) in [6.45, 7) is 4.33. The third-order valence-corrected chi connectivity index (χ3v) is 16.5. The van der Waals surface area contributed by atoms with Gasteiger partial charge in [0.1, 0.15) is 11.5 Å². The van der Waals surface area contributed by atoms with Gasteiger partial charge in [0.2, 0.25) is 0 Å². The number of nitrogens with zero attached hydrogens (tertiary/aromatic N) is 1. The maximum absolute atomic E-state index is 7.39. The van der Waals surface area contributed by atoms with Gasteiger partial charge in [-0.05, 0) is 110 Å². The van der Waals surface area contributed by atoms with E-state index < -0.39 is 10.8 Å². The van der Waals surface area contributed by atoms with E-state index in [0.717, 1.165) is 56.0 Å². The molecule has 1 heterocycles. The zero-order valence-electron chi connectivity index (χ0n) is 41.2. The third-order valence-electron chi connectivity index (χ3n) is 16.5. The van der Waals surface area contributed by atoms with Crippen molar-refractivity contribution >= 4 is 38.6 Å². The van der Waals surface area contributed by atoms with E-state index in [0.29, 0.717) is 0 Å². The lowest BCUT2D eigenvalue weighted by molar-refractivity contribution is 0.447. The average molecular weight is 944 g/mol. The number of anilines is 3. The molecular formula is C72H49NO. The molecule has 0 fully saturated rings. The molecule has 0 saturated heterocycles. The van der Waals surface area contributed by atoms with E-state index in [1.165, 1.54) is 83.1 Å². The fraction of sp³-hybridized carbons (Fsp3) is 0.0556. The first-order chi connectivity index (χ1) is 36.5. The van der Waals surface area contributed by atoms with E-state index in [1.807, 2.05) is 0 Å². The van der Waals surface area contributed by atoms with Crippen molar-refractivity contribution in [1.29, 1.82) is 0 Å². The molecule has 2 nitrogen and oxygen atoms in total. The van der Waals surface area contributed by atoms with Crippen molar-refractivity contribution < 1.29 is 4.74 Å². The first-order valence-electron chi connectivity index (χ1n) is 25.8. The number of benzene rings is 12. The Morgan fingerprint density at radius 3 is 1.38 bits per heavy atom. The van der Waals surface area contributed by atoms with Crippen molar-refractivity contribution in [2.45, 2.75) is 24.7 Å². The topological polar surface area (TPSA) is 12.5 Å². The molecule has 2 heteroatoms. The Morgan fingerprint density at radius 1 is 0.311 bits per heavy atom. The summed E-state index contributed by atoms with van der Waals surface area (Å²) >= 11 is 0. The molecule has 0 saturated carbocycles. The van der Waals surface area contributed by atoms with Crippen LogP contribution in [0.2, 0.25) is 0 Å². The molecule has 1 aliphatic heterocycles. The van der Waals surface area contributed by atoms with Crippen molar-refractivity contribution in [3.8, 4) is 44.9 Å². The van der Waals surface area contributed by atoms with Gasteiger partial charge in [-0.2, -0.15) is 0 Å². The highest BCUT2D eigenvalue weighted by Crippen LogP contribution is 2.66. The maximum atomic E-state index is 7.39. The molecule has 0 N–H and O–H groups in total. The molecule has 3 aliphatic rings. The fourth-order valence-electron chi connectivity index (χ4n) is 13.6. The van der Waals surface area contributed by atoms with Crippen LogP contribution in [-0.2, 0) is 10.8 Å². The molecule has 0 atom stereocenters. The number of hydrogen-bond donors (Lipinski definition) is 0. The smallest absolute Gasteiger partial charge is 0.140 e. The van der Waals surface area contributed by atoms with Gasteiger partial charge in [-0.25, -0.2) is 0 Å². The molecule has 0 bridgehead atoms. The molecular weight excluding hydrogens is 895 g/mol. The van der Waals surface area contributed by atoms with Crippen LogP contribution >= 0.6 is 0 Å². The zero-order valence-corrected chi connectivity index (χ0v) is 41.2. The van der Waals surface area contributed by atoms with Gasteiger partial charge in [-0.3, -0.25) is 0 Å². The molecule has 0 radical (unpaired) electrons. The van der Waals surface area contributed by atoms with E-state index in [2.05, 4.69) is 280 Å². The number of fused-ring (bicyclic) bond motifs is 16. The molecule has 15 rings (SSSR count). The molecule has 348 valence electrons. The van der Waals surface area contributed by atoms with E-state index in [1.54, 1.807) is 0 Å². The van der Waals surface area contributed by atoms with Crippen LogP contribution < -0.4 is 9.64 Å². The van der Waals surface area contributed by atoms with Crippen LogP contribution in [0.25, 0.3) is 54.9 Å². The predicted octanol–water partition coefficient (Wildman–Crippen LogP) is 18.6. The minimum Gasteiger partial charge on any atom is -0.455 e. The van der Waals surface area contributed by atoms with E-state index in [4.69, 9.17) is 4.74 Å². The second-order valence-electron chi connectivity index (χ2n) is 20.4. The third kappa shape index (κ3) is 5.77. The highest BCUT2D eigenvalue weighted by molar-refractivity contribution is 6.04. The molecule has 0 aromatic heterocycles. The largest absolute Gasteiger partial charge is 0.455 e. The predicted molar refractivity (Wildman–Crippen MR) is 306 cm³/mol. The van der Waals surface area contributed by atoms with Crippen LogP contribution in [0.5, 0.6) is 11.5 Å². The molecule has 2 aliphatic carbocycles. The van der Waals surface area contributed by atoms with Crippen molar-refractivity contribution in [2.75, 3.05) is 4.90 Å². The van der Waals surface area contributed by atoms with Gasteiger partial charge < -0.3 is 9.64 Å². The van der Waals surface area contributed by atoms with Crippen LogP contribution in [0.3, 0.4) is 0 Å². The van der Waals surface area contributed by atoms with Gasteiger partial charge in [0.15, 0.2) is 0 Å². The van der Waals surface area contributed by atoms with Crippen LogP contribution in [0.15, 0.2) is 261 Å². The van der Waals surface area contributed by atoms with Crippen LogP contribution in [-0.4, -0.2) is 0 Å². The first-order valence-corrected chi connectivity index (χ1v) is 25.8. The van der Waals surface area contributed by atoms with Crippen molar-refractivity contribution in [1.82, 2.24) is 0 Å². The monoisotopic (exact) mass is 943 g/mol. The van der Waals surface area contributed by atoms with Gasteiger partial charge in [0.25, 0.3) is 0 Å². The summed E-state index contributed by atoms with van der Waals surface area (Å²) in [5, 5.41) is 4.58. The molecule has 74 heavy (non-hydrogen) atoms. The lowest BCUT2D eigenvalue weighted by atomic mass is 9.65. The molecule has 0 unspecified atom stereocenters. The summed E-state index contributed by atoms with van der Waals surface area (Å²) < 4.78 is 7.39. The normalized spacial score (nSPS) is 13.9. The van der Waals surface area contributed by atoms with Gasteiger partial charge in [-0.15, -0.1) is 0 Å². The number of ether oxygens (including phenoxy) is 1. The fourth-order valence-corrected chi connectivity index (χ4v) is 13.6. The summed E-state index contributed by atoms with van der Waals surface area (Å²) in [7, 11) is 0. The quantitative estimate of drug-likeness (QED) is 0.165. The highest BCUT2D eigenvalue weighted by atomic mass is 16.5. The zero-order chi connectivity index (χ0) is 49.1. The average Bonchev–Trinajstić information content (AvgIpc) is 3.96. The Morgan fingerprint density at radius 2 is 0.770 bits per heavy atom. The van der Waals surface area contributed by atoms with Crippen molar-refractivity contribution in [2.24, 2.45) is 0 Å². The number of para-hydroxylation sites is 3. The van der Waals surface area contributed by atoms with Gasteiger partial charge in [-0.1, -0.05) is 248 Å². The van der Waals surface area contributed by atoms with Gasteiger partial charge >= 0.3 is 0 Å². The molecule has 12 aromatic carbocycles. The van der Waals surface area contributed by atoms with Crippen molar-refractivity contribution in [3.05, 3.63) is 316 Å². The Labute approximate surface area is 432 Å². The molecule has 0 amide bonds. The SMILES string of the molecule is Cc1ccc2c3c(ccc2c1)C1(c2ccccc2-c2c(-c4ccccc4N(c4ccccc4)c4ccccc4C4(c5ccccc5)c5ccccc5-c5ccccc54)cccc21)c1ccc2cc(C)ccc2c1O3. The second-order valence-corrected chi connectivity index (χ2v) is 20.4. The summed E-state index contributed by atoms with van der Waals surface area (Å²) in [5.41, 5.74) is 21.6. The van der Waals surface area contributed by atoms with E-state index >= 15 is 0 Å². The minimum absolute atomic E-state index is 0.623. The van der Waals surface area contributed by atoms with Crippen LogP contribution in [0, 0.1) is 13.8 Å². The number of rotatable bonds is 6. The Kier molecular flexibility index (Phi) is 9.25. The Balaban J connectivity index is 1.02. The maximum Gasteiger partial charge on any atom is 0.140 e. The summed E-state index contributed by atoms with van der Waals surface area (Å²) in [6, 6.07) is 97.4. The second kappa shape index (κ2) is 16.1. The van der Waals surface area contributed by atoms with E-state index in [-0.39, 0.29) is 0 Å². The standard InChI is InChI=1S/C72H49NO/c1-46-36-40-52-48(44-46)38-42-64-69(52)74-70-53-41-37-47(2)45-49(53)39-43-65(70)72(64)61-31-15-11-27-58(61)68-57(28-19-33-63(68)72)56-26-12-17-34-66(56)73(51-22-7-4-8-23-51)67-35-18-16-32-62(67)71(50-20-5-3-6-21-50)59-29-13-9-24-54(59)55-25-10-14-30-60(55)71/h3-45H,1-2H3. The van der Waals surface area contributed by atoms with Crippen LogP contribution in [0.1, 0.15) is 55.6 Å². The van der Waals surface area contributed by atoms with Crippen molar-refractivity contribution in [3.63, 3.8) is 0 Å². The van der Waals surface area contributed by atoms with Gasteiger partial charge in [0, 0.05) is 33.2 Å². The highest BCUT2D eigenvalue weighted by Gasteiger charge is 2.53. The molecule has 1 spiro atoms. The summed E-state index contributed by atoms with van der Waals surface area (Å²) in [6.07, 6.45) is 0. The molecule has 12 aromatic rings. The van der Waals surface area contributed by atoms with Crippen LogP contribution in [0.4, 0.5) is 17.1 Å². The van der Waals surface area contributed by atoms with E-state index in [9.17, 15) is 0 Å². The summed E-state index contributed by atoms with van der Waals surface area (Å²) in [5.74, 6) is 1.84. The minimum atomic E-state index is -0.686. The summed E-state index contributed by atoms with van der Waals surface area (Å²) in [4.78, 5) is 2.52. The number of hydrogen-bond acceptors (Lipinski definition) is 2. The first kappa shape index (κ1) is 42.4.